The summed E-state index contributed by atoms with van der Waals surface area (Å²) in [6.07, 6.45) is 4.68. The monoisotopic (exact) mass is 220 g/mol. The van der Waals surface area contributed by atoms with Crippen molar-refractivity contribution in [2.45, 2.75) is 45.7 Å². The van der Waals surface area contributed by atoms with E-state index in [0.717, 1.165) is 24.9 Å². The SMILES string of the molecule is CCn1c2c(cc(CNC)c1=O)CCCC2. The van der Waals surface area contributed by atoms with Gasteiger partial charge in [0.25, 0.3) is 5.56 Å². The van der Waals surface area contributed by atoms with Gasteiger partial charge < -0.3 is 9.88 Å². The third-order valence-corrected chi connectivity index (χ3v) is 3.36. The second kappa shape index (κ2) is 4.83. The molecule has 0 atom stereocenters. The molecule has 1 aliphatic rings. The van der Waals surface area contributed by atoms with Crippen molar-refractivity contribution in [3.05, 3.63) is 33.2 Å². The number of aryl methyl sites for hydroxylation is 1. The molecule has 0 saturated heterocycles. The van der Waals surface area contributed by atoms with E-state index in [1.165, 1.54) is 24.1 Å². The van der Waals surface area contributed by atoms with Crippen LogP contribution in [0.25, 0.3) is 0 Å². The molecule has 1 aromatic rings. The van der Waals surface area contributed by atoms with Gasteiger partial charge in [0.05, 0.1) is 0 Å². The Morgan fingerprint density at radius 1 is 1.38 bits per heavy atom. The van der Waals surface area contributed by atoms with Gasteiger partial charge in [-0.25, -0.2) is 0 Å². The van der Waals surface area contributed by atoms with E-state index in [4.69, 9.17) is 0 Å². The van der Waals surface area contributed by atoms with Crippen molar-refractivity contribution in [1.82, 2.24) is 9.88 Å². The topological polar surface area (TPSA) is 34.0 Å². The van der Waals surface area contributed by atoms with E-state index in [1.54, 1.807) is 0 Å². The van der Waals surface area contributed by atoms with Crippen molar-refractivity contribution in [2.75, 3.05) is 7.05 Å². The molecule has 0 unspecified atom stereocenters. The average Bonchev–Trinajstić information content (AvgIpc) is 2.31. The molecule has 16 heavy (non-hydrogen) atoms. The molecule has 88 valence electrons. The molecule has 0 bridgehead atoms. The Hall–Kier alpha value is -1.09. The third-order valence-electron chi connectivity index (χ3n) is 3.36. The van der Waals surface area contributed by atoms with Crippen LogP contribution in [0, 0.1) is 0 Å². The summed E-state index contributed by atoms with van der Waals surface area (Å²) in [7, 11) is 1.88. The first-order valence-electron chi connectivity index (χ1n) is 6.17. The van der Waals surface area contributed by atoms with E-state index >= 15 is 0 Å². The molecule has 1 heterocycles. The van der Waals surface area contributed by atoms with Gasteiger partial charge in [0, 0.05) is 24.3 Å². The van der Waals surface area contributed by atoms with Crippen LogP contribution in [0.1, 0.15) is 36.6 Å². The second-order valence-electron chi connectivity index (χ2n) is 4.43. The largest absolute Gasteiger partial charge is 0.315 e. The van der Waals surface area contributed by atoms with Gasteiger partial charge in [-0.05, 0) is 51.3 Å². The summed E-state index contributed by atoms with van der Waals surface area (Å²) < 4.78 is 1.96. The zero-order valence-corrected chi connectivity index (χ0v) is 10.2. The molecular weight excluding hydrogens is 200 g/mol. The summed E-state index contributed by atoms with van der Waals surface area (Å²) in [5.74, 6) is 0. The summed E-state index contributed by atoms with van der Waals surface area (Å²) in [5.41, 5.74) is 3.76. The molecule has 2 rings (SSSR count). The smallest absolute Gasteiger partial charge is 0.255 e. The molecule has 1 aliphatic carbocycles. The Labute approximate surface area is 96.5 Å². The van der Waals surface area contributed by atoms with Gasteiger partial charge in [-0.2, -0.15) is 0 Å². The van der Waals surface area contributed by atoms with Crippen LogP contribution in [0.5, 0.6) is 0 Å². The molecule has 1 N–H and O–H groups in total. The average molecular weight is 220 g/mol. The standard InChI is InChI=1S/C13H20N2O/c1-3-15-12-7-5-4-6-10(12)8-11(9-14-2)13(15)16/h8,14H,3-7,9H2,1-2H3. The van der Waals surface area contributed by atoms with Crippen molar-refractivity contribution in [3.8, 4) is 0 Å². The maximum absolute atomic E-state index is 12.2. The number of aromatic nitrogens is 1. The van der Waals surface area contributed by atoms with Gasteiger partial charge in [0.15, 0.2) is 0 Å². The van der Waals surface area contributed by atoms with Crippen LogP contribution in [-0.4, -0.2) is 11.6 Å². The van der Waals surface area contributed by atoms with E-state index in [1.807, 2.05) is 11.6 Å². The van der Waals surface area contributed by atoms with E-state index in [2.05, 4.69) is 18.3 Å². The number of nitrogens with one attached hydrogen (secondary N) is 1. The highest BCUT2D eigenvalue weighted by Crippen LogP contribution is 2.20. The fourth-order valence-corrected chi connectivity index (χ4v) is 2.60. The minimum atomic E-state index is 0.192. The molecule has 3 heteroatoms. The number of pyridine rings is 1. The molecule has 0 fully saturated rings. The highest BCUT2D eigenvalue weighted by molar-refractivity contribution is 5.29. The lowest BCUT2D eigenvalue weighted by molar-refractivity contribution is 0.583. The molecule has 3 nitrogen and oxygen atoms in total. The van der Waals surface area contributed by atoms with Crippen molar-refractivity contribution in [3.63, 3.8) is 0 Å². The molecule has 0 spiro atoms. The van der Waals surface area contributed by atoms with Gasteiger partial charge in [0.1, 0.15) is 0 Å². The quantitative estimate of drug-likeness (QED) is 0.837. The van der Waals surface area contributed by atoms with Gasteiger partial charge in [-0.15, -0.1) is 0 Å². The van der Waals surface area contributed by atoms with E-state index in [-0.39, 0.29) is 5.56 Å². The lowest BCUT2D eigenvalue weighted by Crippen LogP contribution is -2.30. The molecule has 1 aromatic heterocycles. The summed E-state index contributed by atoms with van der Waals surface area (Å²) in [5, 5.41) is 3.07. The lowest BCUT2D eigenvalue weighted by Gasteiger charge is -2.21. The fraction of sp³-hybridized carbons (Fsp3) is 0.615. The van der Waals surface area contributed by atoms with Crippen LogP contribution in [-0.2, 0) is 25.9 Å². The number of nitrogens with zero attached hydrogens (tertiary/aromatic N) is 1. The maximum atomic E-state index is 12.2. The zero-order chi connectivity index (χ0) is 11.5. The molecule has 0 radical (unpaired) electrons. The highest BCUT2D eigenvalue weighted by atomic mass is 16.1. The van der Waals surface area contributed by atoms with Crippen LogP contribution in [0.15, 0.2) is 10.9 Å². The Morgan fingerprint density at radius 2 is 2.12 bits per heavy atom. The van der Waals surface area contributed by atoms with Crippen molar-refractivity contribution < 1.29 is 0 Å². The van der Waals surface area contributed by atoms with E-state index in [9.17, 15) is 4.79 Å². The van der Waals surface area contributed by atoms with Crippen LogP contribution >= 0.6 is 0 Å². The van der Waals surface area contributed by atoms with Crippen molar-refractivity contribution in [2.24, 2.45) is 0 Å². The number of hydrogen-bond acceptors (Lipinski definition) is 2. The summed E-state index contributed by atoms with van der Waals surface area (Å²) in [6, 6.07) is 2.11. The van der Waals surface area contributed by atoms with Crippen molar-refractivity contribution in [1.29, 1.82) is 0 Å². The van der Waals surface area contributed by atoms with E-state index < -0.39 is 0 Å². The third kappa shape index (κ3) is 1.92. The normalized spacial score (nSPS) is 14.9. The highest BCUT2D eigenvalue weighted by Gasteiger charge is 2.16. The Bertz CT molecular complexity index is 434. The molecule has 0 aliphatic heterocycles. The maximum Gasteiger partial charge on any atom is 0.255 e. The summed E-state index contributed by atoms with van der Waals surface area (Å²) in [4.78, 5) is 12.2. The molecular formula is C13H20N2O. The van der Waals surface area contributed by atoms with Gasteiger partial charge >= 0.3 is 0 Å². The van der Waals surface area contributed by atoms with Gasteiger partial charge in [0.2, 0.25) is 0 Å². The number of rotatable bonds is 3. The summed E-state index contributed by atoms with van der Waals surface area (Å²) >= 11 is 0. The second-order valence-corrected chi connectivity index (χ2v) is 4.43. The molecule has 0 saturated carbocycles. The first-order valence-corrected chi connectivity index (χ1v) is 6.17. The van der Waals surface area contributed by atoms with Crippen molar-refractivity contribution >= 4 is 0 Å². The van der Waals surface area contributed by atoms with Crippen LogP contribution < -0.4 is 10.9 Å². The van der Waals surface area contributed by atoms with E-state index in [0.29, 0.717) is 6.54 Å². The zero-order valence-electron chi connectivity index (χ0n) is 10.2. The van der Waals surface area contributed by atoms with Crippen LogP contribution in [0.4, 0.5) is 0 Å². The Kier molecular flexibility index (Phi) is 3.44. The molecule has 0 amide bonds. The Balaban J connectivity index is 2.55. The first-order chi connectivity index (χ1) is 7.77. The van der Waals surface area contributed by atoms with Crippen LogP contribution in [0.3, 0.4) is 0 Å². The predicted octanol–water partition coefficient (Wildman–Crippen LogP) is 1.47. The first kappa shape index (κ1) is 11.4. The minimum Gasteiger partial charge on any atom is -0.315 e. The Morgan fingerprint density at radius 3 is 2.81 bits per heavy atom. The van der Waals surface area contributed by atoms with Gasteiger partial charge in [-0.3, -0.25) is 4.79 Å². The van der Waals surface area contributed by atoms with Crippen LogP contribution in [0.2, 0.25) is 0 Å². The van der Waals surface area contributed by atoms with Gasteiger partial charge in [-0.1, -0.05) is 0 Å². The molecule has 0 aromatic carbocycles. The predicted molar refractivity (Wildman–Crippen MR) is 65.8 cm³/mol. The summed E-state index contributed by atoms with van der Waals surface area (Å²) in [6.45, 7) is 3.52. The minimum absolute atomic E-state index is 0.192. The number of hydrogen-bond donors (Lipinski definition) is 1. The number of fused-ring (bicyclic) bond motifs is 1. The fourth-order valence-electron chi connectivity index (χ4n) is 2.60. The lowest BCUT2D eigenvalue weighted by atomic mass is 9.94.